The van der Waals surface area contributed by atoms with Crippen LogP contribution in [-0.4, -0.2) is 49.4 Å². The van der Waals surface area contributed by atoms with Crippen molar-refractivity contribution in [3.05, 3.63) is 22.7 Å². The van der Waals surface area contributed by atoms with Crippen molar-refractivity contribution in [3.8, 4) is 5.75 Å². The minimum Gasteiger partial charge on any atom is -0.482 e. The lowest BCUT2D eigenvalue weighted by Crippen LogP contribution is -2.48. The molecule has 1 atom stereocenters. The zero-order valence-corrected chi connectivity index (χ0v) is 12.6. The quantitative estimate of drug-likeness (QED) is 0.806. The Morgan fingerprint density at radius 1 is 1.57 bits per heavy atom. The molecule has 1 aliphatic rings. The lowest BCUT2D eigenvalue weighted by atomic mass is 10.2. The summed E-state index contributed by atoms with van der Waals surface area (Å²) in [5.74, 6) is -0.419. The molecule has 0 saturated carbocycles. The van der Waals surface area contributed by atoms with Gasteiger partial charge in [-0.3, -0.25) is 14.5 Å². The molecular formula is C13H14BrFN2O4. The van der Waals surface area contributed by atoms with E-state index < -0.39 is 25.2 Å². The first-order valence-corrected chi connectivity index (χ1v) is 7.03. The fourth-order valence-corrected chi connectivity index (χ4v) is 2.24. The number of amides is 2. The second kappa shape index (κ2) is 6.86. The Balaban J connectivity index is 2.13. The topological polar surface area (TPSA) is 78.9 Å². The fraction of sp³-hybridized carbons (Fsp3) is 0.385. The van der Waals surface area contributed by atoms with Gasteiger partial charge < -0.3 is 15.2 Å². The molecule has 6 nitrogen and oxygen atoms in total. The number of nitrogens with one attached hydrogen (secondary N) is 1. The largest absolute Gasteiger partial charge is 0.482 e. The molecule has 0 aliphatic carbocycles. The number of benzene rings is 1. The molecular weight excluding hydrogens is 347 g/mol. The molecule has 0 unspecified atom stereocenters. The van der Waals surface area contributed by atoms with Crippen LogP contribution in [-0.2, 0) is 9.59 Å². The van der Waals surface area contributed by atoms with Crippen molar-refractivity contribution in [2.24, 2.45) is 0 Å². The summed E-state index contributed by atoms with van der Waals surface area (Å²) in [7, 11) is 0. The van der Waals surface area contributed by atoms with Gasteiger partial charge >= 0.3 is 0 Å². The van der Waals surface area contributed by atoms with Crippen LogP contribution in [0.15, 0.2) is 22.7 Å². The third kappa shape index (κ3) is 3.70. The molecule has 0 aromatic heterocycles. The van der Waals surface area contributed by atoms with Crippen LogP contribution in [0.4, 0.5) is 10.1 Å². The van der Waals surface area contributed by atoms with E-state index >= 15 is 0 Å². The van der Waals surface area contributed by atoms with Crippen LogP contribution in [0.5, 0.6) is 5.75 Å². The van der Waals surface area contributed by atoms with E-state index in [0.29, 0.717) is 11.4 Å². The van der Waals surface area contributed by atoms with Crippen LogP contribution in [0.25, 0.3) is 0 Å². The van der Waals surface area contributed by atoms with Crippen LogP contribution >= 0.6 is 15.9 Å². The van der Waals surface area contributed by atoms with Crippen molar-refractivity contribution in [2.75, 3.05) is 31.3 Å². The first-order valence-electron chi connectivity index (χ1n) is 6.24. The number of anilines is 1. The Morgan fingerprint density at radius 3 is 3.00 bits per heavy atom. The monoisotopic (exact) mass is 360 g/mol. The molecule has 2 rings (SSSR count). The minimum absolute atomic E-state index is 0.163. The third-order valence-electron chi connectivity index (χ3n) is 2.94. The van der Waals surface area contributed by atoms with Gasteiger partial charge in [0, 0.05) is 4.47 Å². The van der Waals surface area contributed by atoms with E-state index in [0.717, 1.165) is 4.47 Å². The summed E-state index contributed by atoms with van der Waals surface area (Å²) in [6.45, 7) is -1.79. The number of halogens is 2. The number of carbonyl (C=O) groups excluding carboxylic acids is 2. The maximum atomic E-state index is 12.5. The van der Waals surface area contributed by atoms with Crippen molar-refractivity contribution < 1.29 is 23.8 Å². The minimum atomic E-state index is -0.960. The maximum Gasteiger partial charge on any atom is 0.265 e. The van der Waals surface area contributed by atoms with Crippen molar-refractivity contribution >= 4 is 33.4 Å². The molecule has 0 fully saturated rings. The van der Waals surface area contributed by atoms with Gasteiger partial charge in [0.1, 0.15) is 19.0 Å². The normalized spacial score (nSPS) is 15.2. The molecule has 0 radical (unpaired) electrons. The van der Waals surface area contributed by atoms with Gasteiger partial charge in [-0.15, -0.1) is 0 Å². The Morgan fingerprint density at radius 2 is 2.33 bits per heavy atom. The Bertz CT molecular complexity index is 551. The third-order valence-corrected chi connectivity index (χ3v) is 3.43. The van der Waals surface area contributed by atoms with Gasteiger partial charge in [-0.1, -0.05) is 15.9 Å². The van der Waals surface area contributed by atoms with Crippen LogP contribution in [0.2, 0.25) is 0 Å². The summed E-state index contributed by atoms with van der Waals surface area (Å²) < 4.78 is 18.6. The first kappa shape index (κ1) is 15.7. The molecule has 0 bridgehead atoms. The van der Waals surface area contributed by atoms with Gasteiger partial charge in [-0.25, -0.2) is 4.39 Å². The van der Waals surface area contributed by atoms with Gasteiger partial charge in [-0.05, 0) is 18.2 Å². The average molecular weight is 361 g/mol. The van der Waals surface area contributed by atoms with Crippen LogP contribution in [0.3, 0.4) is 0 Å². The highest BCUT2D eigenvalue weighted by Gasteiger charge is 2.27. The van der Waals surface area contributed by atoms with E-state index in [1.807, 2.05) is 0 Å². The molecule has 1 aliphatic heterocycles. The molecule has 1 aromatic carbocycles. The van der Waals surface area contributed by atoms with Crippen LogP contribution in [0, 0.1) is 0 Å². The molecule has 1 heterocycles. The standard InChI is InChI=1S/C13H14BrFN2O4/c14-8-1-2-10-11(3-8)21-7-13(20)17(10)5-12(19)16-9(4-15)6-18/h1-3,9,18H,4-7H2,(H,16,19)/t9-/m0/s1. The van der Waals surface area contributed by atoms with Gasteiger partial charge in [0.25, 0.3) is 5.91 Å². The van der Waals surface area contributed by atoms with E-state index in [2.05, 4.69) is 21.2 Å². The van der Waals surface area contributed by atoms with Gasteiger partial charge in [0.15, 0.2) is 6.61 Å². The second-order valence-electron chi connectivity index (χ2n) is 4.48. The highest BCUT2D eigenvalue weighted by molar-refractivity contribution is 9.10. The van der Waals surface area contributed by atoms with Crippen molar-refractivity contribution in [2.45, 2.75) is 6.04 Å². The lowest BCUT2D eigenvalue weighted by Gasteiger charge is -2.29. The van der Waals surface area contributed by atoms with Crippen LogP contribution in [0.1, 0.15) is 0 Å². The van der Waals surface area contributed by atoms with Crippen LogP contribution < -0.4 is 15.0 Å². The van der Waals surface area contributed by atoms with E-state index in [-0.39, 0.29) is 19.1 Å². The maximum absolute atomic E-state index is 12.5. The Labute approximate surface area is 129 Å². The number of ether oxygens (including phenoxy) is 1. The lowest BCUT2D eigenvalue weighted by molar-refractivity contribution is -0.125. The highest BCUT2D eigenvalue weighted by Crippen LogP contribution is 2.34. The molecule has 0 spiro atoms. The van der Waals surface area contributed by atoms with E-state index in [9.17, 15) is 14.0 Å². The summed E-state index contributed by atoms with van der Waals surface area (Å²) in [5.41, 5.74) is 0.477. The van der Waals surface area contributed by atoms with E-state index in [1.54, 1.807) is 18.2 Å². The number of nitrogens with zero attached hydrogens (tertiary/aromatic N) is 1. The summed E-state index contributed by atoms with van der Waals surface area (Å²) >= 11 is 3.30. The number of hydrogen-bond donors (Lipinski definition) is 2. The van der Waals surface area contributed by atoms with Crippen molar-refractivity contribution in [1.82, 2.24) is 5.32 Å². The molecule has 21 heavy (non-hydrogen) atoms. The molecule has 114 valence electrons. The Hall–Kier alpha value is -1.67. The smallest absolute Gasteiger partial charge is 0.265 e. The molecule has 1 aromatic rings. The van der Waals surface area contributed by atoms with Gasteiger partial charge in [0.2, 0.25) is 5.91 Å². The number of fused-ring (bicyclic) bond motifs is 1. The zero-order valence-electron chi connectivity index (χ0n) is 11.0. The number of aliphatic hydroxyl groups excluding tert-OH is 1. The molecule has 2 amide bonds. The van der Waals surface area contributed by atoms with E-state index in [4.69, 9.17) is 9.84 Å². The highest BCUT2D eigenvalue weighted by atomic mass is 79.9. The Kier molecular flexibility index (Phi) is 5.13. The zero-order chi connectivity index (χ0) is 15.4. The van der Waals surface area contributed by atoms with Crippen molar-refractivity contribution in [1.29, 1.82) is 0 Å². The van der Waals surface area contributed by atoms with Gasteiger partial charge in [0.05, 0.1) is 18.3 Å². The van der Waals surface area contributed by atoms with Crippen molar-refractivity contribution in [3.63, 3.8) is 0 Å². The molecule has 2 N–H and O–H groups in total. The number of alkyl halides is 1. The SMILES string of the molecule is O=C(CN1C(=O)COc2cc(Br)ccc21)N[C@H](CO)CF. The summed E-state index contributed by atoms with van der Waals surface area (Å²) in [6, 6.07) is 4.12. The van der Waals surface area contributed by atoms with E-state index in [1.165, 1.54) is 4.90 Å². The number of aliphatic hydroxyl groups is 1. The second-order valence-corrected chi connectivity index (χ2v) is 5.40. The summed E-state index contributed by atoms with van der Waals surface area (Å²) in [4.78, 5) is 25.0. The summed E-state index contributed by atoms with van der Waals surface area (Å²) in [6.07, 6.45) is 0. The number of hydrogen-bond acceptors (Lipinski definition) is 4. The van der Waals surface area contributed by atoms with Gasteiger partial charge in [-0.2, -0.15) is 0 Å². The predicted octanol–water partition coefficient (Wildman–Crippen LogP) is 0.621. The summed E-state index contributed by atoms with van der Waals surface area (Å²) in [5, 5.41) is 11.2. The predicted molar refractivity (Wildman–Crippen MR) is 77.0 cm³/mol. The first-order chi connectivity index (χ1) is 10.0. The molecule has 8 heteroatoms. The number of carbonyl (C=O) groups is 2. The fourth-order valence-electron chi connectivity index (χ4n) is 1.90. The number of rotatable bonds is 5. The molecule has 0 saturated heterocycles. The average Bonchev–Trinajstić information content (AvgIpc) is 2.47.